The number of amides is 2. The van der Waals surface area contributed by atoms with Gasteiger partial charge in [-0.05, 0) is 69.5 Å². The van der Waals surface area contributed by atoms with E-state index < -0.39 is 34.4 Å². The smallest absolute Gasteiger partial charge is 0.408 e. The molecule has 1 heterocycles. The van der Waals surface area contributed by atoms with Crippen molar-refractivity contribution in [2.45, 2.75) is 91.3 Å². The Morgan fingerprint density at radius 1 is 1.11 bits per heavy atom. The standard InChI is InChI=1S/C36H47N3O5S/c1-11-25(12-2)13-14-26-15-17-27(18-16-26)22-39-30-21-28(24(3)43-33(37-10)35(4,5)6)19-20-31(30)45(42)23-29(32(39)40)38-34(41)44-36(7,8)9/h15-21,25,29H,3,11-12,22-23H2,1-2,4-10H3,(H,38,41)/t29-,45?/m0/s1. The van der Waals surface area contributed by atoms with Gasteiger partial charge in [-0.3, -0.25) is 14.0 Å². The minimum atomic E-state index is -1.61. The van der Waals surface area contributed by atoms with Crippen molar-refractivity contribution in [3.05, 3.63) is 65.7 Å². The molecule has 1 aliphatic rings. The topological polar surface area (TPSA) is 97.3 Å². The first kappa shape index (κ1) is 35.6. The Balaban J connectivity index is 2.03. The average molecular weight is 634 g/mol. The van der Waals surface area contributed by atoms with Crippen LogP contribution in [-0.2, 0) is 31.6 Å². The van der Waals surface area contributed by atoms with Gasteiger partial charge in [-0.25, -0.2) is 4.79 Å². The average Bonchev–Trinajstić information content (AvgIpc) is 3.05. The summed E-state index contributed by atoms with van der Waals surface area (Å²) in [6.07, 6.45) is 1.25. The molecule has 1 unspecified atom stereocenters. The maximum absolute atomic E-state index is 14.1. The van der Waals surface area contributed by atoms with Crippen LogP contribution in [0.15, 0.2) is 58.9 Å². The van der Waals surface area contributed by atoms with Gasteiger partial charge in [0.2, 0.25) is 0 Å². The Morgan fingerprint density at radius 2 is 1.76 bits per heavy atom. The van der Waals surface area contributed by atoms with E-state index >= 15 is 0 Å². The maximum atomic E-state index is 14.1. The van der Waals surface area contributed by atoms with Crippen LogP contribution in [0.25, 0.3) is 5.76 Å². The minimum Gasteiger partial charge on any atom is -0.444 e. The number of rotatable bonds is 7. The summed E-state index contributed by atoms with van der Waals surface area (Å²) in [7, 11) is 0.0541. The normalized spacial score (nSPS) is 17.2. The lowest BCUT2D eigenvalue weighted by atomic mass is 9.96. The van der Waals surface area contributed by atoms with E-state index in [-0.39, 0.29) is 17.7 Å². The van der Waals surface area contributed by atoms with Crippen molar-refractivity contribution in [2.24, 2.45) is 16.3 Å². The highest BCUT2D eigenvalue weighted by Gasteiger charge is 2.36. The molecule has 0 aromatic heterocycles. The lowest BCUT2D eigenvalue weighted by Gasteiger charge is -2.27. The zero-order valence-corrected chi connectivity index (χ0v) is 28.9. The summed E-state index contributed by atoms with van der Waals surface area (Å²) in [6, 6.07) is 11.9. The number of ether oxygens (including phenoxy) is 2. The van der Waals surface area contributed by atoms with E-state index in [1.165, 1.54) is 0 Å². The van der Waals surface area contributed by atoms with E-state index in [0.29, 0.717) is 33.7 Å². The van der Waals surface area contributed by atoms with Crippen molar-refractivity contribution in [3.63, 3.8) is 0 Å². The largest absolute Gasteiger partial charge is 0.444 e. The SMILES string of the molecule is C=C(OC(=NC)C(C)(C)C)c1ccc2c(c1)N(Cc1ccc(C#CC(CC)CC)cc1)C(=O)[C@@H](NC(=O)OC(C)(C)C)CS2=O. The third-order valence-electron chi connectivity index (χ3n) is 7.16. The summed E-state index contributed by atoms with van der Waals surface area (Å²) in [5.41, 5.74) is 1.69. The molecule has 1 aliphatic heterocycles. The fourth-order valence-corrected chi connectivity index (χ4v) is 6.02. The van der Waals surface area contributed by atoms with Gasteiger partial charge in [0.1, 0.15) is 17.4 Å². The first-order valence-electron chi connectivity index (χ1n) is 15.3. The number of alkyl carbamates (subject to hydrolysis) is 1. The molecule has 2 amide bonds. The molecule has 0 spiro atoms. The molecule has 0 aliphatic carbocycles. The molecule has 45 heavy (non-hydrogen) atoms. The Hall–Kier alpha value is -3.90. The fraction of sp³-hybridized carbons (Fsp3) is 0.472. The summed E-state index contributed by atoms with van der Waals surface area (Å²) in [5, 5.41) is 2.66. The molecule has 2 aromatic rings. The lowest BCUT2D eigenvalue weighted by Crippen LogP contribution is -2.51. The molecule has 0 saturated heterocycles. The van der Waals surface area contributed by atoms with Crippen molar-refractivity contribution in [2.75, 3.05) is 17.7 Å². The molecule has 0 radical (unpaired) electrons. The molecule has 8 nitrogen and oxygen atoms in total. The molecule has 9 heteroatoms. The number of anilines is 1. The van der Waals surface area contributed by atoms with Crippen LogP contribution in [0.4, 0.5) is 10.5 Å². The van der Waals surface area contributed by atoms with Crippen LogP contribution in [0.5, 0.6) is 0 Å². The molecular weight excluding hydrogens is 586 g/mol. The summed E-state index contributed by atoms with van der Waals surface area (Å²) >= 11 is 0. The second kappa shape index (κ2) is 14.9. The number of hydrogen-bond acceptors (Lipinski definition) is 6. The van der Waals surface area contributed by atoms with Crippen LogP contribution in [0, 0.1) is 23.2 Å². The van der Waals surface area contributed by atoms with Gasteiger partial charge in [-0.1, -0.05) is 65.2 Å². The molecule has 0 fully saturated rings. The number of nitrogens with one attached hydrogen (secondary N) is 1. The second-order valence-corrected chi connectivity index (χ2v) is 14.6. The molecule has 242 valence electrons. The molecule has 3 rings (SSSR count). The predicted octanol–water partition coefficient (Wildman–Crippen LogP) is 7.08. The molecule has 0 bridgehead atoms. The van der Waals surface area contributed by atoms with Gasteiger partial charge in [0.05, 0.1) is 33.7 Å². The van der Waals surface area contributed by atoms with E-state index in [2.05, 4.69) is 42.6 Å². The summed E-state index contributed by atoms with van der Waals surface area (Å²) in [4.78, 5) is 33.2. The summed E-state index contributed by atoms with van der Waals surface area (Å²) in [6.45, 7) is 19.8. The van der Waals surface area contributed by atoms with Crippen LogP contribution in [0.2, 0.25) is 0 Å². The van der Waals surface area contributed by atoms with Crippen LogP contribution in [0.1, 0.15) is 84.9 Å². The number of hydrogen-bond donors (Lipinski definition) is 1. The van der Waals surface area contributed by atoms with Crippen LogP contribution >= 0.6 is 0 Å². The van der Waals surface area contributed by atoms with Gasteiger partial charge in [-0.2, -0.15) is 0 Å². The lowest BCUT2D eigenvalue weighted by molar-refractivity contribution is -0.120. The first-order valence-corrected chi connectivity index (χ1v) is 16.7. The third kappa shape index (κ3) is 9.79. The van der Waals surface area contributed by atoms with Crippen molar-refractivity contribution < 1.29 is 23.3 Å². The highest BCUT2D eigenvalue weighted by molar-refractivity contribution is 7.85. The monoisotopic (exact) mass is 633 g/mol. The number of aliphatic imine (C=N–C) groups is 1. The van der Waals surface area contributed by atoms with Gasteiger partial charge in [0.15, 0.2) is 5.90 Å². The van der Waals surface area contributed by atoms with Crippen molar-refractivity contribution in [3.8, 4) is 11.8 Å². The van der Waals surface area contributed by atoms with Gasteiger partial charge in [0, 0.05) is 29.5 Å². The first-order chi connectivity index (χ1) is 21.1. The Kier molecular flexibility index (Phi) is 11.8. The number of fused-ring (bicyclic) bond motifs is 1. The van der Waals surface area contributed by atoms with Gasteiger partial charge < -0.3 is 19.7 Å². The van der Waals surface area contributed by atoms with E-state index in [1.807, 2.05) is 45.0 Å². The van der Waals surface area contributed by atoms with Crippen molar-refractivity contribution in [1.29, 1.82) is 0 Å². The van der Waals surface area contributed by atoms with Crippen LogP contribution in [-0.4, -0.2) is 46.6 Å². The molecular formula is C36H47N3O5S. The minimum absolute atomic E-state index is 0.0976. The Labute approximate surface area is 271 Å². The molecule has 2 aromatic carbocycles. The maximum Gasteiger partial charge on any atom is 0.408 e. The number of carbonyl (C=O) groups is 2. The van der Waals surface area contributed by atoms with Crippen molar-refractivity contribution >= 4 is 40.1 Å². The number of nitrogens with zero attached hydrogens (tertiary/aromatic N) is 2. The number of benzene rings is 2. The molecule has 1 N–H and O–H groups in total. The van der Waals surface area contributed by atoms with E-state index in [1.54, 1.807) is 50.9 Å². The van der Waals surface area contributed by atoms with E-state index in [0.717, 1.165) is 24.0 Å². The molecule has 0 saturated carbocycles. The van der Waals surface area contributed by atoms with Crippen LogP contribution in [0.3, 0.4) is 0 Å². The Morgan fingerprint density at radius 3 is 2.31 bits per heavy atom. The summed E-state index contributed by atoms with van der Waals surface area (Å²) < 4.78 is 25.1. The number of carbonyl (C=O) groups excluding carboxylic acids is 2. The van der Waals surface area contributed by atoms with Crippen molar-refractivity contribution in [1.82, 2.24) is 5.32 Å². The highest BCUT2D eigenvalue weighted by Crippen LogP contribution is 2.34. The third-order valence-corrected chi connectivity index (χ3v) is 8.63. The zero-order chi connectivity index (χ0) is 33.5. The predicted molar refractivity (Wildman–Crippen MR) is 182 cm³/mol. The van der Waals surface area contributed by atoms with Gasteiger partial charge in [-0.15, -0.1) is 0 Å². The molecule has 2 atom stereocenters. The quantitative estimate of drug-likeness (QED) is 0.152. The van der Waals surface area contributed by atoms with Gasteiger partial charge in [0.25, 0.3) is 5.91 Å². The summed E-state index contributed by atoms with van der Waals surface area (Å²) in [5.74, 6) is 7.28. The van der Waals surface area contributed by atoms with E-state index in [4.69, 9.17) is 9.47 Å². The van der Waals surface area contributed by atoms with Gasteiger partial charge >= 0.3 is 6.09 Å². The van der Waals surface area contributed by atoms with Crippen LogP contribution < -0.4 is 10.2 Å². The fourth-order valence-electron chi connectivity index (χ4n) is 4.69. The van der Waals surface area contributed by atoms with E-state index in [9.17, 15) is 13.8 Å². The zero-order valence-electron chi connectivity index (χ0n) is 28.1. The second-order valence-electron chi connectivity index (χ2n) is 13.1. The highest BCUT2D eigenvalue weighted by atomic mass is 32.2. The Bertz CT molecular complexity index is 1520.